The molecule has 1 unspecified atom stereocenters. The van der Waals surface area contributed by atoms with E-state index in [0.717, 1.165) is 12.0 Å². The minimum atomic E-state index is -0.505. The average molecular weight is 364 g/mol. The Morgan fingerprint density at radius 1 is 1.31 bits per heavy atom. The van der Waals surface area contributed by atoms with Gasteiger partial charge in [-0.2, -0.15) is 0 Å². The van der Waals surface area contributed by atoms with Gasteiger partial charge in [0.1, 0.15) is 30.4 Å². The van der Waals surface area contributed by atoms with Crippen molar-refractivity contribution in [3.63, 3.8) is 0 Å². The number of likely N-dealkylation sites (tertiary alicyclic amines) is 1. The van der Waals surface area contributed by atoms with Crippen LogP contribution in [0.15, 0.2) is 24.3 Å². The van der Waals surface area contributed by atoms with Crippen LogP contribution in [-0.2, 0) is 9.57 Å². The highest BCUT2D eigenvalue weighted by molar-refractivity contribution is 5.96. The van der Waals surface area contributed by atoms with Crippen LogP contribution in [0.4, 0.5) is 4.79 Å². The second kappa shape index (κ2) is 8.86. The number of amidine groups is 1. The molecule has 1 heterocycles. The molecule has 1 saturated heterocycles. The number of benzene rings is 1. The minimum Gasteiger partial charge on any atom is -0.491 e. The zero-order valence-corrected chi connectivity index (χ0v) is 15.6. The van der Waals surface area contributed by atoms with Crippen molar-refractivity contribution in [3.8, 4) is 5.75 Å². The molecular weight excluding hydrogens is 336 g/mol. The van der Waals surface area contributed by atoms with Gasteiger partial charge in [0.15, 0.2) is 0 Å². The van der Waals surface area contributed by atoms with E-state index in [1.165, 1.54) is 0 Å². The van der Waals surface area contributed by atoms with Gasteiger partial charge in [-0.1, -0.05) is 0 Å². The van der Waals surface area contributed by atoms with E-state index in [9.17, 15) is 4.79 Å². The molecule has 0 radical (unpaired) electrons. The fourth-order valence-electron chi connectivity index (χ4n) is 2.58. The van der Waals surface area contributed by atoms with Crippen LogP contribution in [0.25, 0.3) is 0 Å². The molecule has 8 heteroatoms. The number of carbonyl (C=O) groups is 1. The van der Waals surface area contributed by atoms with Crippen molar-refractivity contribution in [1.29, 1.82) is 5.41 Å². The van der Waals surface area contributed by atoms with E-state index in [1.807, 2.05) is 32.9 Å². The molecule has 4 N–H and O–H groups in total. The molecular formula is C18H28N4O4. The van der Waals surface area contributed by atoms with E-state index in [2.05, 4.69) is 10.2 Å². The predicted molar refractivity (Wildman–Crippen MR) is 98.3 cm³/mol. The second-order valence-electron chi connectivity index (χ2n) is 7.17. The fraction of sp³-hybridized carbons (Fsp3) is 0.556. The topological polar surface area (TPSA) is 110 Å². The van der Waals surface area contributed by atoms with Gasteiger partial charge in [0.2, 0.25) is 0 Å². The van der Waals surface area contributed by atoms with Gasteiger partial charge in [-0.3, -0.25) is 5.41 Å². The molecule has 0 aliphatic carbocycles. The number of hydrogen-bond acceptors (Lipinski definition) is 6. The first-order valence-corrected chi connectivity index (χ1v) is 8.66. The lowest BCUT2D eigenvalue weighted by Gasteiger charge is -2.24. The third-order valence-electron chi connectivity index (χ3n) is 3.80. The molecule has 1 aromatic carbocycles. The minimum absolute atomic E-state index is 0.0349. The third kappa shape index (κ3) is 6.20. The van der Waals surface area contributed by atoms with Crippen LogP contribution in [0, 0.1) is 5.41 Å². The maximum Gasteiger partial charge on any atom is 0.410 e. The normalized spacial score (nSPS) is 17.1. The summed E-state index contributed by atoms with van der Waals surface area (Å²) in [6.07, 6.45) is 0.471. The van der Waals surface area contributed by atoms with Crippen molar-refractivity contribution in [2.24, 2.45) is 5.90 Å². The number of nitrogens with two attached hydrogens (primary N) is 1. The van der Waals surface area contributed by atoms with Gasteiger partial charge in [0.25, 0.3) is 0 Å². The van der Waals surface area contributed by atoms with Crippen molar-refractivity contribution in [1.82, 2.24) is 10.2 Å². The van der Waals surface area contributed by atoms with Crippen LogP contribution >= 0.6 is 0 Å². The first-order valence-electron chi connectivity index (χ1n) is 8.66. The zero-order valence-electron chi connectivity index (χ0n) is 15.6. The molecule has 0 aromatic heterocycles. The van der Waals surface area contributed by atoms with Crippen LogP contribution in [-0.4, -0.2) is 54.8 Å². The Kier molecular flexibility index (Phi) is 6.82. The van der Waals surface area contributed by atoms with E-state index in [1.54, 1.807) is 17.0 Å². The molecule has 1 amide bonds. The smallest absolute Gasteiger partial charge is 0.410 e. The highest BCUT2D eigenvalue weighted by Crippen LogP contribution is 2.16. The number of carbonyl (C=O) groups excluding carboxylic acids is 1. The van der Waals surface area contributed by atoms with Crippen molar-refractivity contribution in [3.05, 3.63) is 29.8 Å². The number of nitrogens with one attached hydrogen (secondary N) is 2. The molecule has 144 valence electrons. The van der Waals surface area contributed by atoms with Gasteiger partial charge in [0.05, 0.1) is 0 Å². The summed E-state index contributed by atoms with van der Waals surface area (Å²) in [6.45, 7) is 7.38. The lowest BCUT2D eigenvalue weighted by atomic mass is 10.1. The summed E-state index contributed by atoms with van der Waals surface area (Å²) in [5, 5.41) is 11.4. The monoisotopic (exact) mass is 364 g/mol. The molecule has 1 atom stereocenters. The number of nitrogens with zero attached hydrogens (tertiary/aromatic N) is 1. The van der Waals surface area contributed by atoms with Crippen molar-refractivity contribution < 1.29 is 19.1 Å². The van der Waals surface area contributed by atoms with Gasteiger partial charge < -0.3 is 24.5 Å². The Bertz CT molecular complexity index is 613. The molecule has 0 spiro atoms. The van der Waals surface area contributed by atoms with Crippen LogP contribution in [0.1, 0.15) is 32.8 Å². The molecule has 0 bridgehead atoms. The maximum atomic E-state index is 12.1. The Balaban J connectivity index is 1.82. The van der Waals surface area contributed by atoms with E-state index in [0.29, 0.717) is 37.9 Å². The second-order valence-corrected chi connectivity index (χ2v) is 7.17. The fourth-order valence-corrected chi connectivity index (χ4v) is 2.58. The Hall–Kier alpha value is -2.32. The van der Waals surface area contributed by atoms with Crippen LogP contribution < -0.4 is 16.0 Å². The third-order valence-corrected chi connectivity index (χ3v) is 3.80. The summed E-state index contributed by atoms with van der Waals surface area (Å²) in [7, 11) is 0. The Morgan fingerprint density at radius 2 is 2.00 bits per heavy atom. The van der Waals surface area contributed by atoms with E-state index < -0.39 is 5.60 Å². The number of amides is 1. The largest absolute Gasteiger partial charge is 0.491 e. The number of ether oxygens (including phenoxy) is 2. The average Bonchev–Trinajstić information content (AvgIpc) is 3.03. The molecule has 2 rings (SSSR count). The zero-order chi connectivity index (χ0) is 19.2. The van der Waals surface area contributed by atoms with Crippen LogP contribution in [0.2, 0.25) is 0 Å². The molecule has 1 aliphatic rings. The van der Waals surface area contributed by atoms with Gasteiger partial charge in [-0.25, -0.2) is 10.7 Å². The van der Waals surface area contributed by atoms with E-state index >= 15 is 0 Å². The molecule has 0 saturated carbocycles. The first kappa shape index (κ1) is 20.0. The summed E-state index contributed by atoms with van der Waals surface area (Å²) in [6, 6.07) is 7.25. The predicted octanol–water partition coefficient (Wildman–Crippen LogP) is 1.88. The van der Waals surface area contributed by atoms with Crippen LogP contribution in [0.5, 0.6) is 5.75 Å². The maximum absolute atomic E-state index is 12.1. The van der Waals surface area contributed by atoms with Crippen molar-refractivity contribution in [2.45, 2.75) is 38.8 Å². The summed E-state index contributed by atoms with van der Waals surface area (Å²) in [4.78, 5) is 18.2. The summed E-state index contributed by atoms with van der Waals surface area (Å²) < 4.78 is 10.8. The van der Waals surface area contributed by atoms with E-state index in [-0.39, 0.29) is 12.1 Å². The van der Waals surface area contributed by atoms with Gasteiger partial charge in [0, 0.05) is 24.7 Å². The molecule has 8 nitrogen and oxygen atoms in total. The number of rotatable bonds is 6. The molecule has 1 fully saturated rings. The standard InChI is InChI=1S/C18H28N4O4/c1-18(2,3)26-17(23)22-9-8-14(12-22)21-16(19)13-4-6-15(7-5-13)24-10-11-25-20/h4-7,14H,8-12,20H2,1-3H3,(H2,19,21). The first-order chi connectivity index (χ1) is 12.3. The van der Waals surface area contributed by atoms with Gasteiger partial charge >= 0.3 is 6.09 Å². The van der Waals surface area contributed by atoms with Gasteiger partial charge in [-0.05, 0) is 51.5 Å². The number of hydrogen-bond donors (Lipinski definition) is 3. The van der Waals surface area contributed by atoms with E-state index in [4.69, 9.17) is 20.8 Å². The Labute approximate surface area is 154 Å². The highest BCUT2D eigenvalue weighted by atomic mass is 16.6. The van der Waals surface area contributed by atoms with Crippen LogP contribution in [0.3, 0.4) is 0 Å². The van der Waals surface area contributed by atoms with Gasteiger partial charge in [-0.15, -0.1) is 0 Å². The lowest BCUT2D eigenvalue weighted by molar-refractivity contribution is 0.0292. The summed E-state index contributed by atoms with van der Waals surface area (Å²) in [5.74, 6) is 5.95. The van der Waals surface area contributed by atoms with Crippen molar-refractivity contribution >= 4 is 11.9 Å². The molecule has 1 aromatic rings. The SMILES string of the molecule is CC(C)(C)OC(=O)N1CCC(NC(=N)c2ccc(OCCON)cc2)C1. The summed E-state index contributed by atoms with van der Waals surface area (Å²) in [5.41, 5.74) is 0.248. The lowest BCUT2D eigenvalue weighted by Crippen LogP contribution is -2.40. The molecule has 1 aliphatic heterocycles. The van der Waals surface area contributed by atoms with Crippen molar-refractivity contribution in [2.75, 3.05) is 26.3 Å². The Morgan fingerprint density at radius 3 is 2.62 bits per heavy atom. The quantitative estimate of drug-likeness (QED) is 0.308. The highest BCUT2D eigenvalue weighted by Gasteiger charge is 2.30. The molecule has 26 heavy (non-hydrogen) atoms. The summed E-state index contributed by atoms with van der Waals surface area (Å²) >= 11 is 0.